The van der Waals surface area contributed by atoms with Gasteiger partial charge in [0.25, 0.3) is 5.91 Å². The van der Waals surface area contributed by atoms with Gasteiger partial charge >= 0.3 is 5.97 Å². The average Bonchev–Trinajstić information content (AvgIpc) is 3.00. The third-order valence-electron chi connectivity index (χ3n) is 5.47. The Labute approximate surface area is 169 Å². The molecule has 0 saturated heterocycles. The number of aromatic hydroxyl groups is 2. The fraction of sp³-hybridized carbons (Fsp3) is 0.0909. The number of nitrogens with two attached hydrogens (primary N) is 1. The van der Waals surface area contributed by atoms with Crippen molar-refractivity contribution >= 4 is 11.9 Å². The number of fused-ring (bicyclic) bond motifs is 6. The van der Waals surface area contributed by atoms with Crippen molar-refractivity contribution in [2.45, 2.75) is 12.2 Å². The summed E-state index contributed by atoms with van der Waals surface area (Å²) in [5, 5.41) is 29.9. The van der Waals surface area contributed by atoms with E-state index < -0.39 is 23.2 Å². The van der Waals surface area contributed by atoms with Gasteiger partial charge in [0.05, 0.1) is 12.2 Å². The minimum atomic E-state index is -1.52. The third kappa shape index (κ3) is 2.13. The molecule has 5 N–H and O–H groups in total. The van der Waals surface area contributed by atoms with Crippen LogP contribution in [0.3, 0.4) is 0 Å². The smallest absolute Gasteiger partial charge is 0.340 e. The molecule has 1 unspecified atom stereocenters. The summed E-state index contributed by atoms with van der Waals surface area (Å²) in [7, 11) is 0. The van der Waals surface area contributed by atoms with Crippen molar-refractivity contribution < 1.29 is 34.4 Å². The molecule has 30 heavy (non-hydrogen) atoms. The number of esters is 1. The molecule has 1 amide bonds. The molecule has 0 aliphatic carbocycles. The van der Waals surface area contributed by atoms with Crippen LogP contribution in [-0.4, -0.2) is 27.2 Å². The Kier molecular flexibility index (Phi) is 3.59. The van der Waals surface area contributed by atoms with E-state index in [-0.39, 0.29) is 40.5 Å². The van der Waals surface area contributed by atoms with E-state index >= 15 is 0 Å². The number of aliphatic hydroxyl groups excluding tert-OH is 1. The number of primary amides is 1. The summed E-state index contributed by atoms with van der Waals surface area (Å²) >= 11 is 0. The zero-order valence-electron chi connectivity index (χ0n) is 15.4. The highest BCUT2D eigenvalue weighted by atomic mass is 16.6. The first-order valence-electron chi connectivity index (χ1n) is 9.02. The fourth-order valence-electron chi connectivity index (χ4n) is 4.25. The lowest BCUT2D eigenvalue weighted by atomic mass is 9.76. The number of carbonyl (C=O) groups excluding carboxylic acids is 2. The fourth-order valence-corrected chi connectivity index (χ4v) is 4.25. The number of aliphatic hydroxyl groups is 1. The van der Waals surface area contributed by atoms with E-state index in [2.05, 4.69) is 0 Å². The van der Waals surface area contributed by atoms with E-state index in [0.717, 1.165) is 0 Å². The Balaban J connectivity index is 1.94. The molecule has 3 aromatic rings. The summed E-state index contributed by atoms with van der Waals surface area (Å²) in [5.41, 5.74) is 5.41. The van der Waals surface area contributed by atoms with Gasteiger partial charge in [0, 0.05) is 22.8 Å². The van der Waals surface area contributed by atoms with Crippen LogP contribution in [0.2, 0.25) is 0 Å². The average molecular weight is 405 g/mol. The molecule has 8 nitrogen and oxygen atoms in total. The maximum atomic E-state index is 12.9. The quantitative estimate of drug-likeness (QED) is 0.480. The highest BCUT2D eigenvalue weighted by Gasteiger charge is 2.55. The Morgan fingerprint density at radius 2 is 1.80 bits per heavy atom. The lowest BCUT2D eigenvalue weighted by molar-refractivity contribution is 0.0222. The molecule has 0 radical (unpaired) electrons. The van der Waals surface area contributed by atoms with Gasteiger partial charge in [-0.15, -0.1) is 0 Å². The van der Waals surface area contributed by atoms with Crippen molar-refractivity contribution in [3.8, 4) is 23.0 Å². The van der Waals surface area contributed by atoms with E-state index in [1.165, 1.54) is 24.3 Å². The van der Waals surface area contributed by atoms with Crippen molar-refractivity contribution in [3.05, 3.63) is 81.9 Å². The molecule has 0 fully saturated rings. The van der Waals surface area contributed by atoms with Gasteiger partial charge < -0.3 is 30.5 Å². The van der Waals surface area contributed by atoms with Crippen LogP contribution in [0.25, 0.3) is 0 Å². The van der Waals surface area contributed by atoms with Gasteiger partial charge in [-0.2, -0.15) is 0 Å². The molecular weight excluding hydrogens is 390 g/mol. The van der Waals surface area contributed by atoms with Crippen LogP contribution in [0.15, 0.2) is 48.5 Å². The van der Waals surface area contributed by atoms with Gasteiger partial charge in [-0.05, 0) is 29.8 Å². The van der Waals surface area contributed by atoms with Crippen LogP contribution in [0.1, 0.15) is 43.0 Å². The maximum absolute atomic E-state index is 12.9. The predicted molar refractivity (Wildman–Crippen MR) is 102 cm³/mol. The molecule has 1 atom stereocenters. The predicted octanol–water partition coefficient (Wildman–Crippen LogP) is 2.26. The van der Waals surface area contributed by atoms with Crippen LogP contribution in [-0.2, 0) is 16.9 Å². The number of rotatable bonds is 2. The highest BCUT2D eigenvalue weighted by molar-refractivity contribution is 6.01. The van der Waals surface area contributed by atoms with Crippen molar-refractivity contribution in [2.24, 2.45) is 5.73 Å². The minimum absolute atomic E-state index is 0.0735. The summed E-state index contributed by atoms with van der Waals surface area (Å²) < 4.78 is 11.8. The van der Waals surface area contributed by atoms with Crippen molar-refractivity contribution in [1.82, 2.24) is 0 Å². The van der Waals surface area contributed by atoms with E-state index in [9.17, 15) is 24.9 Å². The lowest BCUT2D eigenvalue weighted by Crippen LogP contribution is -2.34. The highest BCUT2D eigenvalue weighted by Crippen LogP contribution is 2.58. The zero-order valence-corrected chi connectivity index (χ0v) is 15.4. The van der Waals surface area contributed by atoms with Crippen molar-refractivity contribution in [1.29, 1.82) is 0 Å². The van der Waals surface area contributed by atoms with Crippen LogP contribution < -0.4 is 10.5 Å². The lowest BCUT2D eigenvalue weighted by Gasteiger charge is -2.37. The number of amides is 1. The van der Waals surface area contributed by atoms with Crippen molar-refractivity contribution in [3.63, 3.8) is 0 Å². The van der Waals surface area contributed by atoms with Crippen LogP contribution in [0.5, 0.6) is 23.0 Å². The molecule has 0 aromatic heterocycles. The Morgan fingerprint density at radius 1 is 1.03 bits per heavy atom. The second-order valence-corrected chi connectivity index (χ2v) is 7.05. The molecule has 3 aromatic carbocycles. The van der Waals surface area contributed by atoms with Crippen molar-refractivity contribution in [2.75, 3.05) is 0 Å². The summed E-state index contributed by atoms with van der Waals surface area (Å²) in [6.07, 6.45) is 0. The number of phenolic OH excluding ortho intramolecular Hbond substituents is 1. The molecule has 8 heteroatoms. The van der Waals surface area contributed by atoms with Gasteiger partial charge in [0.15, 0.2) is 11.4 Å². The van der Waals surface area contributed by atoms with Gasteiger partial charge in [0.2, 0.25) is 0 Å². The number of benzene rings is 3. The van der Waals surface area contributed by atoms with Crippen LogP contribution >= 0.6 is 0 Å². The van der Waals surface area contributed by atoms with Crippen LogP contribution in [0, 0.1) is 0 Å². The topological polar surface area (TPSA) is 139 Å². The van der Waals surface area contributed by atoms with Gasteiger partial charge in [-0.3, -0.25) is 4.79 Å². The molecule has 150 valence electrons. The first kappa shape index (κ1) is 18.0. The molecule has 2 heterocycles. The Hall–Kier alpha value is -4.04. The number of phenols is 2. The molecule has 5 rings (SSSR count). The molecule has 1 spiro atoms. The number of hydrogen-bond donors (Lipinski definition) is 4. The second-order valence-electron chi connectivity index (χ2n) is 7.05. The van der Waals surface area contributed by atoms with E-state index in [0.29, 0.717) is 16.7 Å². The Morgan fingerprint density at radius 3 is 2.53 bits per heavy atom. The van der Waals surface area contributed by atoms with Gasteiger partial charge in [-0.25, -0.2) is 4.79 Å². The number of ether oxygens (including phenoxy) is 2. The van der Waals surface area contributed by atoms with Gasteiger partial charge in [-0.1, -0.05) is 18.2 Å². The van der Waals surface area contributed by atoms with Gasteiger partial charge in [0.1, 0.15) is 22.8 Å². The standard InChI is InChI=1S/C22H15NO7/c23-20(27)18-15(26)7-6-14-19(18)29-16-8-11(25)4-5-12(16)22(14)13-3-1-2-10(9-24)17(13)21(28)30-22/h1-8,24-26H,9H2,(H2,23,27). The second kappa shape index (κ2) is 5.98. The maximum Gasteiger partial charge on any atom is 0.340 e. The molecule has 2 aliphatic heterocycles. The normalized spacial score (nSPS) is 18.2. The SMILES string of the molecule is NC(=O)c1c(O)ccc2c1Oc1cc(O)ccc1C21OC(=O)c2c(CO)cccc21. The first-order chi connectivity index (χ1) is 14.4. The minimum Gasteiger partial charge on any atom is -0.508 e. The largest absolute Gasteiger partial charge is 0.508 e. The monoisotopic (exact) mass is 405 g/mol. The number of carbonyl (C=O) groups is 2. The molecule has 0 saturated carbocycles. The number of hydrogen-bond acceptors (Lipinski definition) is 7. The molecular formula is C22H15NO7. The third-order valence-corrected chi connectivity index (χ3v) is 5.47. The molecule has 2 aliphatic rings. The summed E-state index contributed by atoms with van der Waals surface area (Å²) in [5.74, 6) is -2.04. The van der Waals surface area contributed by atoms with Crippen LogP contribution in [0.4, 0.5) is 0 Å². The summed E-state index contributed by atoms with van der Waals surface area (Å²) in [6, 6.07) is 12.0. The van der Waals surface area contributed by atoms with E-state index in [4.69, 9.17) is 15.2 Å². The van der Waals surface area contributed by atoms with E-state index in [1.807, 2.05) is 0 Å². The summed E-state index contributed by atoms with van der Waals surface area (Å²) in [6.45, 7) is -0.373. The zero-order chi connectivity index (χ0) is 21.2. The van der Waals surface area contributed by atoms with E-state index in [1.54, 1.807) is 24.3 Å². The Bertz CT molecular complexity index is 1270. The first-order valence-corrected chi connectivity index (χ1v) is 9.02. The molecule has 0 bridgehead atoms. The summed E-state index contributed by atoms with van der Waals surface area (Å²) in [4.78, 5) is 25.0.